The minimum absolute atomic E-state index is 0.183. The Labute approximate surface area is 137 Å². The van der Waals surface area contributed by atoms with E-state index in [1.807, 2.05) is 12.1 Å². The van der Waals surface area contributed by atoms with Crippen LogP contribution in [0, 0.1) is 0 Å². The SMILES string of the molecule is COc1ccc(-c2cc3n(c2Cl)CCN(C(C)(C)C)C3)cc1. The predicted octanol–water partition coefficient (Wildman–Crippen LogP) is 4.43. The molecule has 3 nitrogen and oxygen atoms in total. The summed E-state index contributed by atoms with van der Waals surface area (Å²) in [5, 5.41) is 0.841. The molecule has 118 valence electrons. The topological polar surface area (TPSA) is 17.4 Å². The van der Waals surface area contributed by atoms with E-state index in [0.29, 0.717) is 0 Å². The van der Waals surface area contributed by atoms with Gasteiger partial charge in [-0.2, -0.15) is 0 Å². The molecule has 4 heteroatoms. The van der Waals surface area contributed by atoms with Crippen LogP contribution in [-0.2, 0) is 13.1 Å². The average Bonchev–Trinajstić information content (AvgIpc) is 2.83. The molecule has 0 saturated heterocycles. The highest BCUT2D eigenvalue weighted by atomic mass is 35.5. The van der Waals surface area contributed by atoms with Crippen LogP contribution >= 0.6 is 11.6 Å². The molecule has 0 unspecified atom stereocenters. The molecule has 0 atom stereocenters. The van der Waals surface area contributed by atoms with Gasteiger partial charge in [0, 0.05) is 36.4 Å². The fourth-order valence-electron chi connectivity index (χ4n) is 2.99. The Morgan fingerprint density at radius 1 is 1.09 bits per heavy atom. The maximum atomic E-state index is 6.63. The summed E-state index contributed by atoms with van der Waals surface area (Å²) in [7, 11) is 1.68. The van der Waals surface area contributed by atoms with Crippen molar-refractivity contribution in [3.05, 3.63) is 41.2 Å². The summed E-state index contributed by atoms with van der Waals surface area (Å²) in [4.78, 5) is 2.50. The van der Waals surface area contributed by atoms with Gasteiger partial charge in [0.1, 0.15) is 10.9 Å². The largest absolute Gasteiger partial charge is 0.497 e. The first-order valence-corrected chi connectivity index (χ1v) is 8.05. The summed E-state index contributed by atoms with van der Waals surface area (Å²) < 4.78 is 7.46. The van der Waals surface area contributed by atoms with Gasteiger partial charge in [0.05, 0.1) is 7.11 Å². The maximum Gasteiger partial charge on any atom is 0.118 e. The van der Waals surface area contributed by atoms with E-state index in [1.54, 1.807) is 7.11 Å². The van der Waals surface area contributed by atoms with E-state index in [0.717, 1.165) is 41.7 Å². The zero-order chi connectivity index (χ0) is 15.9. The van der Waals surface area contributed by atoms with Gasteiger partial charge in [-0.05, 0) is 44.5 Å². The second-order valence-electron chi connectivity index (χ2n) is 6.81. The van der Waals surface area contributed by atoms with E-state index < -0.39 is 0 Å². The summed E-state index contributed by atoms with van der Waals surface area (Å²) in [6, 6.07) is 10.3. The molecule has 0 aliphatic carbocycles. The van der Waals surface area contributed by atoms with Crippen molar-refractivity contribution >= 4 is 11.6 Å². The van der Waals surface area contributed by atoms with Gasteiger partial charge in [0.15, 0.2) is 0 Å². The lowest BCUT2D eigenvalue weighted by Crippen LogP contribution is -2.45. The number of methoxy groups -OCH3 is 1. The van der Waals surface area contributed by atoms with Gasteiger partial charge >= 0.3 is 0 Å². The van der Waals surface area contributed by atoms with Crippen molar-refractivity contribution in [2.24, 2.45) is 0 Å². The zero-order valence-corrected chi connectivity index (χ0v) is 14.4. The molecule has 0 fully saturated rings. The lowest BCUT2D eigenvalue weighted by Gasteiger charge is -2.39. The molecule has 1 aromatic carbocycles. The first-order valence-electron chi connectivity index (χ1n) is 7.67. The van der Waals surface area contributed by atoms with Crippen molar-refractivity contribution in [2.45, 2.75) is 39.4 Å². The van der Waals surface area contributed by atoms with Gasteiger partial charge in [-0.25, -0.2) is 0 Å². The van der Waals surface area contributed by atoms with Crippen molar-refractivity contribution in [1.82, 2.24) is 9.47 Å². The van der Waals surface area contributed by atoms with Crippen LogP contribution in [0.5, 0.6) is 5.75 Å². The number of halogens is 1. The van der Waals surface area contributed by atoms with E-state index in [4.69, 9.17) is 16.3 Å². The minimum atomic E-state index is 0.183. The van der Waals surface area contributed by atoms with Gasteiger partial charge in [0.25, 0.3) is 0 Å². The number of rotatable bonds is 2. The molecule has 22 heavy (non-hydrogen) atoms. The third-order valence-corrected chi connectivity index (χ3v) is 4.82. The first kappa shape index (κ1) is 15.4. The van der Waals surface area contributed by atoms with Gasteiger partial charge in [-0.15, -0.1) is 0 Å². The van der Waals surface area contributed by atoms with Crippen molar-refractivity contribution in [1.29, 1.82) is 0 Å². The smallest absolute Gasteiger partial charge is 0.118 e. The molecule has 1 aliphatic rings. The Bertz CT molecular complexity index is 668. The average molecular weight is 319 g/mol. The second kappa shape index (κ2) is 5.64. The Morgan fingerprint density at radius 2 is 1.77 bits per heavy atom. The summed E-state index contributed by atoms with van der Waals surface area (Å²) in [5.74, 6) is 0.864. The van der Waals surface area contributed by atoms with Crippen LogP contribution in [0.1, 0.15) is 26.5 Å². The van der Waals surface area contributed by atoms with Crippen LogP contribution < -0.4 is 4.74 Å². The number of aromatic nitrogens is 1. The third-order valence-electron chi connectivity index (χ3n) is 4.41. The quantitative estimate of drug-likeness (QED) is 0.815. The van der Waals surface area contributed by atoms with Crippen LogP contribution in [-0.4, -0.2) is 28.7 Å². The zero-order valence-electron chi connectivity index (χ0n) is 13.7. The van der Waals surface area contributed by atoms with Crippen LogP contribution in [0.2, 0.25) is 5.15 Å². The number of ether oxygens (including phenoxy) is 1. The van der Waals surface area contributed by atoms with Crippen molar-refractivity contribution in [3.63, 3.8) is 0 Å². The molecule has 3 rings (SSSR count). The molecule has 2 aromatic rings. The molecule has 2 heterocycles. The van der Waals surface area contributed by atoms with Gasteiger partial charge in [-0.3, -0.25) is 4.90 Å². The summed E-state index contributed by atoms with van der Waals surface area (Å²) >= 11 is 6.63. The molecule has 0 N–H and O–H groups in total. The lowest BCUT2D eigenvalue weighted by molar-refractivity contribution is 0.103. The normalized spacial score (nSPS) is 15.7. The van der Waals surface area contributed by atoms with Gasteiger partial charge in [0.2, 0.25) is 0 Å². The fourth-order valence-corrected chi connectivity index (χ4v) is 3.35. The number of nitrogens with zero attached hydrogens (tertiary/aromatic N) is 2. The Kier molecular flexibility index (Phi) is 3.96. The highest BCUT2D eigenvalue weighted by Crippen LogP contribution is 2.35. The highest BCUT2D eigenvalue weighted by Gasteiger charge is 2.28. The number of hydrogen-bond acceptors (Lipinski definition) is 2. The van der Waals surface area contributed by atoms with Gasteiger partial charge in [-0.1, -0.05) is 23.7 Å². The second-order valence-corrected chi connectivity index (χ2v) is 7.17. The molecule has 0 amide bonds. The number of fused-ring (bicyclic) bond motifs is 1. The predicted molar refractivity (Wildman–Crippen MR) is 91.6 cm³/mol. The minimum Gasteiger partial charge on any atom is -0.497 e. The maximum absolute atomic E-state index is 6.63. The molecule has 1 aromatic heterocycles. The van der Waals surface area contributed by atoms with Crippen molar-refractivity contribution in [3.8, 4) is 16.9 Å². The third kappa shape index (κ3) is 2.75. The van der Waals surface area contributed by atoms with E-state index in [9.17, 15) is 0 Å². The van der Waals surface area contributed by atoms with Crippen LogP contribution in [0.4, 0.5) is 0 Å². The first-order chi connectivity index (χ1) is 10.4. The van der Waals surface area contributed by atoms with Crippen LogP contribution in [0.15, 0.2) is 30.3 Å². The Hall–Kier alpha value is -1.45. The summed E-state index contributed by atoms with van der Waals surface area (Å²) in [5.41, 5.74) is 3.71. The lowest BCUT2D eigenvalue weighted by atomic mass is 10.0. The summed E-state index contributed by atoms with van der Waals surface area (Å²) in [6.07, 6.45) is 0. The number of benzene rings is 1. The van der Waals surface area contributed by atoms with E-state index in [1.165, 1.54) is 5.69 Å². The Balaban J connectivity index is 1.94. The monoisotopic (exact) mass is 318 g/mol. The molecule has 1 aliphatic heterocycles. The standard InChI is InChI=1S/C18H23ClN2O/c1-18(2,3)20-9-10-21-14(12-20)11-16(17(21)19)13-5-7-15(22-4)8-6-13/h5-8,11H,9-10,12H2,1-4H3. The Morgan fingerprint density at radius 3 is 2.36 bits per heavy atom. The molecule has 0 bridgehead atoms. The molecule has 0 saturated carbocycles. The molecular weight excluding hydrogens is 296 g/mol. The highest BCUT2D eigenvalue weighted by molar-refractivity contribution is 6.32. The van der Waals surface area contributed by atoms with Crippen molar-refractivity contribution in [2.75, 3.05) is 13.7 Å². The fraction of sp³-hybridized carbons (Fsp3) is 0.444. The molecular formula is C18H23ClN2O. The van der Waals surface area contributed by atoms with Crippen LogP contribution in [0.3, 0.4) is 0 Å². The molecule has 0 spiro atoms. The number of hydrogen-bond donors (Lipinski definition) is 0. The van der Waals surface area contributed by atoms with E-state index in [-0.39, 0.29) is 5.54 Å². The molecule has 0 radical (unpaired) electrons. The van der Waals surface area contributed by atoms with E-state index >= 15 is 0 Å². The summed E-state index contributed by atoms with van der Waals surface area (Å²) in [6.45, 7) is 9.71. The van der Waals surface area contributed by atoms with E-state index in [2.05, 4.69) is 48.4 Å². The van der Waals surface area contributed by atoms with Gasteiger partial charge < -0.3 is 9.30 Å². The van der Waals surface area contributed by atoms with Crippen LogP contribution in [0.25, 0.3) is 11.1 Å². The van der Waals surface area contributed by atoms with Crippen molar-refractivity contribution < 1.29 is 4.74 Å².